The fourth-order valence-electron chi connectivity index (χ4n) is 3.46. The standard InChI is InChI=1S/C22H25N7O3/c1-22(2,3)15-11-16(29(25-15)14-9-7-6-8-10-14)24-17(30)12-28-13-23-19-18(28)20(31)27(5)21(32)26(19)4/h6-11,13H,12H2,1-5H3,(H,24,30). The van der Waals surface area contributed by atoms with Crippen molar-refractivity contribution in [3.8, 4) is 5.69 Å². The maximum atomic E-state index is 12.9. The van der Waals surface area contributed by atoms with E-state index in [0.29, 0.717) is 5.82 Å². The van der Waals surface area contributed by atoms with Crippen LogP contribution in [0.4, 0.5) is 5.82 Å². The van der Waals surface area contributed by atoms with E-state index in [2.05, 4.69) is 10.3 Å². The third kappa shape index (κ3) is 3.64. The van der Waals surface area contributed by atoms with Gasteiger partial charge in [0.05, 0.1) is 17.7 Å². The monoisotopic (exact) mass is 435 g/mol. The average Bonchev–Trinajstić information content (AvgIpc) is 3.36. The highest BCUT2D eigenvalue weighted by atomic mass is 16.2. The number of benzene rings is 1. The molecule has 0 unspecified atom stereocenters. The lowest BCUT2D eigenvalue weighted by molar-refractivity contribution is -0.116. The van der Waals surface area contributed by atoms with Gasteiger partial charge < -0.3 is 9.88 Å². The fraction of sp³-hybridized carbons (Fsp3) is 0.318. The van der Waals surface area contributed by atoms with Gasteiger partial charge in [0.25, 0.3) is 5.56 Å². The van der Waals surface area contributed by atoms with Crippen LogP contribution in [0.5, 0.6) is 0 Å². The van der Waals surface area contributed by atoms with Crippen LogP contribution in [0.2, 0.25) is 0 Å². The molecule has 0 aliphatic carbocycles. The predicted octanol–water partition coefficient (Wildman–Crippen LogP) is 1.56. The number of aromatic nitrogens is 6. The zero-order chi connectivity index (χ0) is 23.2. The molecule has 0 saturated carbocycles. The molecule has 0 atom stereocenters. The number of fused-ring (bicyclic) bond motifs is 1. The van der Waals surface area contributed by atoms with E-state index in [1.165, 1.54) is 29.6 Å². The number of hydrogen-bond acceptors (Lipinski definition) is 5. The van der Waals surface area contributed by atoms with Crippen molar-refractivity contribution in [3.63, 3.8) is 0 Å². The molecule has 1 N–H and O–H groups in total. The first-order valence-electron chi connectivity index (χ1n) is 10.1. The molecule has 0 radical (unpaired) electrons. The number of anilines is 1. The van der Waals surface area contributed by atoms with Gasteiger partial charge in [-0.3, -0.25) is 18.7 Å². The molecule has 0 spiro atoms. The number of imidazole rings is 1. The Balaban J connectivity index is 1.69. The predicted molar refractivity (Wildman–Crippen MR) is 121 cm³/mol. The first-order chi connectivity index (χ1) is 15.1. The summed E-state index contributed by atoms with van der Waals surface area (Å²) in [6.07, 6.45) is 1.39. The normalized spacial score (nSPS) is 11.8. The molecule has 1 amide bonds. The van der Waals surface area contributed by atoms with Gasteiger partial charge in [0, 0.05) is 25.6 Å². The third-order valence-electron chi connectivity index (χ3n) is 5.28. The van der Waals surface area contributed by atoms with Gasteiger partial charge in [-0.25, -0.2) is 14.5 Å². The van der Waals surface area contributed by atoms with Crippen LogP contribution in [0.3, 0.4) is 0 Å². The third-order valence-corrected chi connectivity index (χ3v) is 5.28. The zero-order valence-electron chi connectivity index (χ0n) is 18.7. The van der Waals surface area contributed by atoms with E-state index in [0.717, 1.165) is 15.9 Å². The molecule has 3 aromatic heterocycles. The number of carbonyl (C=O) groups is 1. The highest BCUT2D eigenvalue weighted by Crippen LogP contribution is 2.26. The van der Waals surface area contributed by atoms with Crippen molar-refractivity contribution in [2.24, 2.45) is 14.1 Å². The topological polar surface area (TPSA) is 109 Å². The number of carbonyl (C=O) groups excluding carboxylic acids is 1. The summed E-state index contributed by atoms with van der Waals surface area (Å²) in [6.45, 7) is 6.00. The Bertz CT molecular complexity index is 1430. The van der Waals surface area contributed by atoms with E-state index in [9.17, 15) is 14.4 Å². The summed E-state index contributed by atoms with van der Waals surface area (Å²) in [6, 6.07) is 11.4. The zero-order valence-corrected chi connectivity index (χ0v) is 18.7. The molecule has 0 fully saturated rings. The molecule has 10 heteroatoms. The van der Waals surface area contributed by atoms with Crippen molar-refractivity contribution >= 4 is 22.9 Å². The number of rotatable bonds is 4. The van der Waals surface area contributed by atoms with Crippen LogP contribution >= 0.6 is 0 Å². The number of nitrogens with one attached hydrogen (secondary N) is 1. The number of nitrogens with zero attached hydrogens (tertiary/aromatic N) is 6. The molecular formula is C22H25N7O3. The second kappa shape index (κ2) is 7.63. The van der Waals surface area contributed by atoms with Gasteiger partial charge in [-0.15, -0.1) is 0 Å². The van der Waals surface area contributed by atoms with Crippen molar-refractivity contribution in [2.75, 3.05) is 5.32 Å². The summed E-state index contributed by atoms with van der Waals surface area (Å²) >= 11 is 0. The molecule has 0 aliphatic heterocycles. The fourth-order valence-corrected chi connectivity index (χ4v) is 3.46. The van der Waals surface area contributed by atoms with E-state index in [1.807, 2.05) is 57.2 Å². The Morgan fingerprint density at radius 2 is 1.75 bits per heavy atom. The van der Waals surface area contributed by atoms with Crippen LogP contribution in [0, 0.1) is 0 Å². The minimum absolute atomic E-state index is 0.144. The summed E-state index contributed by atoms with van der Waals surface area (Å²) in [4.78, 5) is 41.8. The van der Waals surface area contributed by atoms with Gasteiger partial charge in [-0.2, -0.15) is 5.10 Å². The smallest absolute Gasteiger partial charge is 0.315 e. The Labute approximate surface area is 183 Å². The molecular weight excluding hydrogens is 410 g/mol. The highest BCUT2D eigenvalue weighted by Gasteiger charge is 2.22. The molecule has 4 rings (SSSR count). The minimum atomic E-state index is -0.502. The second-order valence-corrected chi connectivity index (χ2v) is 8.71. The Hall–Kier alpha value is -3.95. The average molecular weight is 435 g/mol. The van der Waals surface area contributed by atoms with Crippen molar-refractivity contribution in [3.05, 3.63) is 69.3 Å². The molecule has 3 heterocycles. The number of aryl methyl sites for hydroxylation is 1. The van der Waals surface area contributed by atoms with Crippen molar-refractivity contribution in [1.82, 2.24) is 28.5 Å². The number of hydrogen-bond donors (Lipinski definition) is 1. The SMILES string of the molecule is Cn1c(=O)c2c(ncn2CC(=O)Nc2cc(C(C)(C)C)nn2-c2ccccc2)n(C)c1=O. The van der Waals surface area contributed by atoms with E-state index in [-0.39, 0.29) is 29.0 Å². The number of para-hydroxylation sites is 1. The summed E-state index contributed by atoms with van der Waals surface area (Å²) in [5, 5.41) is 7.59. The van der Waals surface area contributed by atoms with Crippen LogP contribution in [-0.4, -0.2) is 34.4 Å². The van der Waals surface area contributed by atoms with Gasteiger partial charge in [0.1, 0.15) is 12.4 Å². The lowest BCUT2D eigenvalue weighted by Crippen LogP contribution is -2.37. The van der Waals surface area contributed by atoms with E-state index >= 15 is 0 Å². The maximum Gasteiger partial charge on any atom is 0.332 e. The summed E-state index contributed by atoms with van der Waals surface area (Å²) in [5.74, 6) is 0.175. The lowest BCUT2D eigenvalue weighted by atomic mass is 9.92. The highest BCUT2D eigenvalue weighted by molar-refractivity contribution is 5.91. The van der Waals surface area contributed by atoms with Gasteiger partial charge in [0.2, 0.25) is 5.91 Å². The lowest BCUT2D eigenvalue weighted by Gasteiger charge is -2.14. The van der Waals surface area contributed by atoms with Gasteiger partial charge >= 0.3 is 5.69 Å². The Kier molecular flexibility index (Phi) is 5.08. The first kappa shape index (κ1) is 21.3. The molecule has 32 heavy (non-hydrogen) atoms. The summed E-state index contributed by atoms with van der Waals surface area (Å²) in [5.41, 5.74) is 0.879. The van der Waals surface area contributed by atoms with Crippen LogP contribution < -0.4 is 16.6 Å². The molecule has 1 aromatic carbocycles. The van der Waals surface area contributed by atoms with Crippen molar-refractivity contribution in [2.45, 2.75) is 32.7 Å². The molecule has 166 valence electrons. The Morgan fingerprint density at radius 3 is 2.41 bits per heavy atom. The molecule has 10 nitrogen and oxygen atoms in total. The minimum Gasteiger partial charge on any atom is -0.315 e. The van der Waals surface area contributed by atoms with E-state index in [4.69, 9.17) is 5.10 Å². The molecule has 0 bridgehead atoms. The largest absolute Gasteiger partial charge is 0.332 e. The van der Waals surface area contributed by atoms with Crippen LogP contribution in [0.1, 0.15) is 26.5 Å². The first-order valence-corrected chi connectivity index (χ1v) is 10.1. The Morgan fingerprint density at radius 1 is 1.06 bits per heavy atom. The second-order valence-electron chi connectivity index (χ2n) is 8.71. The van der Waals surface area contributed by atoms with Crippen LogP contribution in [0.25, 0.3) is 16.9 Å². The summed E-state index contributed by atoms with van der Waals surface area (Å²) in [7, 11) is 2.93. The van der Waals surface area contributed by atoms with Crippen LogP contribution in [0.15, 0.2) is 52.3 Å². The van der Waals surface area contributed by atoms with Crippen molar-refractivity contribution < 1.29 is 4.79 Å². The van der Waals surface area contributed by atoms with Crippen LogP contribution in [-0.2, 0) is 30.8 Å². The molecule has 4 aromatic rings. The van der Waals surface area contributed by atoms with Gasteiger partial charge in [-0.05, 0) is 12.1 Å². The molecule has 0 aliphatic rings. The van der Waals surface area contributed by atoms with E-state index < -0.39 is 11.2 Å². The molecule has 0 saturated heterocycles. The quantitative estimate of drug-likeness (QED) is 0.523. The van der Waals surface area contributed by atoms with Gasteiger partial charge in [0.15, 0.2) is 11.2 Å². The van der Waals surface area contributed by atoms with Crippen molar-refractivity contribution in [1.29, 1.82) is 0 Å². The van der Waals surface area contributed by atoms with Gasteiger partial charge in [-0.1, -0.05) is 39.0 Å². The number of amides is 1. The summed E-state index contributed by atoms with van der Waals surface area (Å²) < 4.78 is 5.41. The van der Waals surface area contributed by atoms with E-state index in [1.54, 1.807) is 4.68 Å². The maximum absolute atomic E-state index is 12.9.